The SMILES string of the molecule is CC(C)NC1=NC(C)C(c2cc(O)cc(NC(=O)OC(C)(C)C)c2)N(CC(=O)NCc2ccc(/C(N)=N/O)c(O)c2)C1=O. The number of phenolic OH excluding ortho intramolecular Hbond substituents is 2. The van der Waals surface area contributed by atoms with E-state index in [2.05, 4.69) is 26.1 Å². The van der Waals surface area contributed by atoms with Crippen molar-refractivity contribution >= 4 is 35.3 Å². The number of amides is 3. The Hall–Kier alpha value is -5.01. The van der Waals surface area contributed by atoms with Gasteiger partial charge in [0.15, 0.2) is 11.7 Å². The minimum atomic E-state index is -0.772. The van der Waals surface area contributed by atoms with Gasteiger partial charge < -0.3 is 41.4 Å². The highest BCUT2D eigenvalue weighted by Gasteiger charge is 2.38. The number of carbonyl (C=O) groups is 3. The van der Waals surface area contributed by atoms with Gasteiger partial charge in [-0.1, -0.05) is 11.2 Å². The lowest BCUT2D eigenvalue weighted by molar-refractivity contribution is -0.134. The van der Waals surface area contributed by atoms with Gasteiger partial charge >= 0.3 is 6.09 Å². The first-order valence-electron chi connectivity index (χ1n) is 13.6. The van der Waals surface area contributed by atoms with Crippen LogP contribution in [0, 0.1) is 0 Å². The molecule has 1 heterocycles. The Morgan fingerprint density at radius 3 is 2.47 bits per heavy atom. The fourth-order valence-electron chi connectivity index (χ4n) is 4.52. The number of amidine groups is 2. The van der Waals surface area contributed by atoms with Gasteiger partial charge in [-0.3, -0.25) is 19.9 Å². The van der Waals surface area contributed by atoms with Crippen molar-refractivity contribution in [2.45, 2.75) is 71.8 Å². The van der Waals surface area contributed by atoms with E-state index < -0.39 is 35.6 Å². The average Bonchev–Trinajstić information content (AvgIpc) is 2.88. The summed E-state index contributed by atoms with van der Waals surface area (Å²) >= 11 is 0. The van der Waals surface area contributed by atoms with Crippen molar-refractivity contribution in [2.75, 3.05) is 11.9 Å². The van der Waals surface area contributed by atoms with Gasteiger partial charge in [0.1, 0.15) is 23.6 Å². The van der Waals surface area contributed by atoms with Gasteiger partial charge in [-0.15, -0.1) is 0 Å². The maximum Gasteiger partial charge on any atom is 0.412 e. The van der Waals surface area contributed by atoms with Crippen LogP contribution in [0.25, 0.3) is 0 Å². The van der Waals surface area contributed by atoms with Crippen LogP contribution < -0.4 is 21.7 Å². The van der Waals surface area contributed by atoms with Crippen molar-refractivity contribution in [1.82, 2.24) is 15.5 Å². The molecule has 0 saturated carbocycles. The number of ether oxygens (including phenoxy) is 1. The zero-order valence-corrected chi connectivity index (χ0v) is 25.0. The molecule has 1 aliphatic heterocycles. The van der Waals surface area contributed by atoms with E-state index in [0.717, 1.165) is 0 Å². The zero-order valence-electron chi connectivity index (χ0n) is 25.0. The molecule has 2 atom stereocenters. The Bertz CT molecular complexity index is 1430. The van der Waals surface area contributed by atoms with Gasteiger partial charge in [-0.05, 0) is 76.9 Å². The fourth-order valence-corrected chi connectivity index (χ4v) is 4.52. The molecule has 14 heteroatoms. The number of phenols is 2. The lowest BCUT2D eigenvalue weighted by Gasteiger charge is -2.38. The van der Waals surface area contributed by atoms with E-state index >= 15 is 0 Å². The third-order valence-corrected chi connectivity index (χ3v) is 6.19. The molecule has 43 heavy (non-hydrogen) atoms. The van der Waals surface area contributed by atoms with Crippen LogP contribution in [-0.4, -0.2) is 74.1 Å². The summed E-state index contributed by atoms with van der Waals surface area (Å²) in [5.74, 6) is -1.58. The minimum Gasteiger partial charge on any atom is -0.508 e. The second-order valence-corrected chi connectivity index (χ2v) is 11.4. The van der Waals surface area contributed by atoms with Gasteiger partial charge in [0.25, 0.3) is 5.91 Å². The minimum absolute atomic E-state index is 0.0202. The number of benzene rings is 2. The molecule has 1 aliphatic rings. The second-order valence-electron chi connectivity index (χ2n) is 11.4. The van der Waals surface area contributed by atoms with Crippen LogP contribution in [0.15, 0.2) is 46.5 Å². The highest BCUT2D eigenvalue weighted by Crippen LogP contribution is 2.34. The van der Waals surface area contributed by atoms with Gasteiger partial charge in [-0.2, -0.15) is 0 Å². The molecule has 14 nitrogen and oxygen atoms in total. The summed E-state index contributed by atoms with van der Waals surface area (Å²) in [4.78, 5) is 45.0. The summed E-state index contributed by atoms with van der Waals surface area (Å²) in [6, 6.07) is 7.37. The Balaban J connectivity index is 1.87. The molecule has 0 radical (unpaired) electrons. The molecule has 8 N–H and O–H groups in total. The number of aromatic hydroxyl groups is 2. The van der Waals surface area contributed by atoms with E-state index in [-0.39, 0.29) is 53.6 Å². The summed E-state index contributed by atoms with van der Waals surface area (Å²) in [6.07, 6.45) is -0.722. The van der Waals surface area contributed by atoms with E-state index in [4.69, 9.17) is 15.7 Å². The van der Waals surface area contributed by atoms with E-state index in [9.17, 15) is 24.6 Å². The first kappa shape index (κ1) is 32.5. The van der Waals surface area contributed by atoms with Crippen LogP contribution in [0.5, 0.6) is 11.5 Å². The number of aliphatic imine (C=N–C) groups is 1. The molecule has 2 unspecified atom stereocenters. The first-order chi connectivity index (χ1) is 20.1. The quantitative estimate of drug-likeness (QED) is 0.103. The molecule has 0 fully saturated rings. The smallest absolute Gasteiger partial charge is 0.412 e. The number of nitrogens with one attached hydrogen (secondary N) is 3. The lowest BCUT2D eigenvalue weighted by Crippen LogP contribution is -2.55. The van der Waals surface area contributed by atoms with Crippen LogP contribution in [0.4, 0.5) is 10.5 Å². The molecule has 3 amide bonds. The molecule has 2 aromatic carbocycles. The summed E-state index contributed by atoms with van der Waals surface area (Å²) < 4.78 is 5.31. The maximum atomic E-state index is 13.6. The predicted octanol–water partition coefficient (Wildman–Crippen LogP) is 2.52. The average molecular weight is 598 g/mol. The zero-order chi connectivity index (χ0) is 32.1. The number of nitrogens with two attached hydrogens (primary N) is 1. The highest BCUT2D eigenvalue weighted by atomic mass is 16.6. The number of rotatable bonds is 8. The number of nitrogens with zero attached hydrogens (tertiary/aromatic N) is 3. The predicted molar refractivity (Wildman–Crippen MR) is 160 cm³/mol. The monoisotopic (exact) mass is 597 g/mol. The van der Waals surface area contributed by atoms with Crippen LogP contribution in [0.2, 0.25) is 0 Å². The van der Waals surface area contributed by atoms with E-state index in [1.807, 2.05) is 13.8 Å². The fraction of sp³-hybridized carbons (Fsp3) is 0.414. The van der Waals surface area contributed by atoms with Crippen molar-refractivity contribution in [3.8, 4) is 11.5 Å². The molecule has 0 bridgehead atoms. The van der Waals surface area contributed by atoms with Gasteiger partial charge in [0, 0.05) is 24.3 Å². The summed E-state index contributed by atoms with van der Waals surface area (Å²) in [7, 11) is 0. The molecule has 232 valence electrons. The highest BCUT2D eigenvalue weighted by molar-refractivity contribution is 6.38. The molecule has 0 saturated heterocycles. The molecular weight excluding hydrogens is 558 g/mol. The molecule has 2 aromatic rings. The Morgan fingerprint density at radius 1 is 1.16 bits per heavy atom. The number of anilines is 1. The summed E-state index contributed by atoms with van der Waals surface area (Å²) in [6.45, 7) is 10.3. The van der Waals surface area contributed by atoms with E-state index in [0.29, 0.717) is 11.1 Å². The molecular formula is C29H39N7O7. The van der Waals surface area contributed by atoms with Crippen molar-refractivity contribution in [3.05, 3.63) is 53.1 Å². The van der Waals surface area contributed by atoms with Crippen LogP contribution in [0.1, 0.15) is 64.3 Å². The Kier molecular flexibility index (Phi) is 10.1. The number of carbonyl (C=O) groups excluding carboxylic acids is 3. The van der Waals surface area contributed by atoms with Crippen LogP contribution >= 0.6 is 0 Å². The van der Waals surface area contributed by atoms with E-state index in [1.165, 1.54) is 29.2 Å². The molecule has 0 aliphatic carbocycles. The van der Waals surface area contributed by atoms with Crippen molar-refractivity contribution in [1.29, 1.82) is 0 Å². The van der Waals surface area contributed by atoms with Gasteiger partial charge in [-0.25, -0.2) is 4.79 Å². The van der Waals surface area contributed by atoms with Crippen molar-refractivity contribution in [2.24, 2.45) is 15.9 Å². The topological polar surface area (TPSA) is 211 Å². The number of hydrogen-bond donors (Lipinski definition) is 7. The Morgan fingerprint density at radius 2 is 1.86 bits per heavy atom. The lowest BCUT2D eigenvalue weighted by atomic mass is 9.95. The van der Waals surface area contributed by atoms with Crippen molar-refractivity contribution < 1.29 is 34.5 Å². The second kappa shape index (κ2) is 13.3. The molecule has 3 rings (SSSR count). The van der Waals surface area contributed by atoms with E-state index in [1.54, 1.807) is 39.8 Å². The van der Waals surface area contributed by atoms with Crippen molar-refractivity contribution in [3.63, 3.8) is 0 Å². The third kappa shape index (κ3) is 8.74. The number of oxime groups is 1. The van der Waals surface area contributed by atoms with Crippen LogP contribution in [-0.2, 0) is 20.9 Å². The molecule has 0 spiro atoms. The maximum absolute atomic E-state index is 13.6. The largest absolute Gasteiger partial charge is 0.508 e. The first-order valence-corrected chi connectivity index (χ1v) is 13.6. The third-order valence-electron chi connectivity index (χ3n) is 6.19. The summed E-state index contributed by atoms with van der Waals surface area (Å²) in [5.41, 5.74) is 6.13. The van der Waals surface area contributed by atoms with Crippen LogP contribution in [0.3, 0.4) is 0 Å². The Labute approximate surface area is 249 Å². The number of hydrogen-bond acceptors (Lipinski definition) is 10. The summed E-state index contributed by atoms with van der Waals surface area (Å²) in [5, 5.41) is 40.7. The van der Waals surface area contributed by atoms with Gasteiger partial charge in [0.05, 0.1) is 17.6 Å². The molecule has 0 aromatic heterocycles. The standard InChI is InChI=1S/C29H39N7O7/c1-15(2)32-26-27(40)36(14-23(39)31-13-17-7-8-21(22(38)9-17)25(30)35-42)24(16(3)33-26)18-10-19(12-20(37)11-18)34-28(41)43-29(4,5)6/h7-12,15-16,24,37-38,42H,13-14H2,1-6H3,(H2,30,35)(H,31,39)(H,32,33)(H,34,41). The normalized spacial score (nSPS) is 17.4. The van der Waals surface area contributed by atoms with Gasteiger partial charge in [0.2, 0.25) is 5.91 Å².